The van der Waals surface area contributed by atoms with Crippen LogP contribution in [0.25, 0.3) is 0 Å². The van der Waals surface area contributed by atoms with Gasteiger partial charge in [0, 0.05) is 8.95 Å². The lowest BCUT2D eigenvalue weighted by atomic mass is 10.2. The van der Waals surface area contributed by atoms with Gasteiger partial charge < -0.3 is 4.74 Å². The fourth-order valence-corrected chi connectivity index (χ4v) is 2.29. The van der Waals surface area contributed by atoms with E-state index in [1.165, 1.54) is 5.56 Å². The number of hydrogen-bond donors (Lipinski definition) is 0. The maximum Gasteiger partial charge on any atom is 0.107 e. The first-order valence-electron chi connectivity index (χ1n) is 3.34. The zero-order valence-corrected chi connectivity index (χ0v) is 8.85. The molecule has 0 saturated carbocycles. The monoisotopic (exact) mass is 276 g/mol. The van der Waals surface area contributed by atoms with Gasteiger partial charge in [0.05, 0.1) is 6.61 Å². The molecule has 0 N–H and O–H groups in total. The smallest absolute Gasteiger partial charge is 0.107 e. The highest BCUT2D eigenvalue weighted by Crippen LogP contribution is 2.35. The summed E-state index contributed by atoms with van der Waals surface area (Å²) < 4.78 is 7.38. The van der Waals surface area contributed by atoms with Crippen molar-refractivity contribution < 1.29 is 4.74 Å². The van der Waals surface area contributed by atoms with Crippen LogP contribution in [0.4, 0.5) is 0 Å². The third kappa shape index (κ3) is 1.66. The maximum absolute atomic E-state index is 5.17. The van der Waals surface area contributed by atoms with Gasteiger partial charge in [0.15, 0.2) is 0 Å². The molecule has 11 heavy (non-hydrogen) atoms. The molecule has 0 radical (unpaired) electrons. The highest BCUT2D eigenvalue weighted by Gasteiger charge is 2.26. The van der Waals surface area contributed by atoms with Gasteiger partial charge >= 0.3 is 0 Å². The van der Waals surface area contributed by atoms with Crippen molar-refractivity contribution in [1.29, 1.82) is 0 Å². The molecule has 1 fully saturated rings. The van der Waals surface area contributed by atoms with Crippen molar-refractivity contribution in [3.8, 4) is 0 Å². The van der Waals surface area contributed by atoms with Crippen LogP contribution in [0.1, 0.15) is 11.7 Å². The predicted octanol–water partition coefficient (Wildman–Crippen LogP) is 3.28. The van der Waals surface area contributed by atoms with E-state index in [0.717, 1.165) is 15.6 Å². The van der Waals surface area contributed by atoms with E-state index in [9.17, 15) is 0 Å². The summed E-state index contributed by atoms with van der Waals surface area (Å²) in [7, 11) is 0. The van der Waals surface area contributed by atoms with Gasteiger partial charge in [-0.3, -0.25) is 0 Å². The quantitative estimate of drug-likeness (QED) is 0.718. The summed E-state index contributed by atoms with van der Waals surface area (Å²) in [6.07, 6.45) is 0.331. The molecular formula is C8H6Br2O. The molecular weight excluding hydrogens is 272 g/mol. The minimum Gasteiger partial charge on any atom is -0.368 e. The van der Waals surface area contributed by atoms with Crippen molar-refractivity contribution in [3.05, 3.63) is 32.7 Å². The molecule has 1 aromatic carbocycles. The fourth-order valence-electron chi connectivity index (χ4n) is 0.990. The van der Waals surface area contributed by atoms with Crippen molar-refractivity contribution in [1.82, 2.24) is 0 Å². The summed E-state index contributed by atoms with van der Waals surface area (Å²) in [6.45, 7) is 0.861. The number of hydrogen-bond acceptors (Lipinski definition) is 1. The van der Waals surface area contributed by atoms with Gasteiger partial charge in [-0.15, -0.1) is 0 Å². The Morgan fingerprint density at radius 3 is 2.64 bits per heavy atom. The van der Waals surface area contributed by atoms with Gasteiger partial charge in [0.25, 0.3) is 0 Å². The third-order valence-electron chi connectivity index (χ3n) is 1.64. The largest absolute Gasteiger partial charge is 0.368 e. The summed E-state index contributed by atoms with van der Waals surface area (Å²) >= 11 is 6.87. The summed E-state index contributed by atoms with van der Waals surface area (Å²) in [5.41, 5.74) is 1.24. The fraction of sp³-hybridized carbons (Fsp3) is 0.250. The van der Waals surface area contributed by atoms with Crippen molar-refractivity contribution in [2.75, 3.05) is 6.61 Å². The molecule has 2 rings (SSSR count). The van der Waals surface area contributed by atoms with E-state index in [-0.39, 0.29) is 0 Å². The van der Waals surface area contributed by atoms with Crippen LogP contribution in [0.15, 0.2) is 27.1 Å². The standard InChI is InChI=1S/C8H6Br2O/c9-5-1-2-6(7(10)3-5)8-4-11-8/h1-3,8H,4H2. The molecule has 0 amide bonds. The van der Waals surface area contributed by atoms with Crippen LogP contribution in [0, 0.1) is 0 Å². The Labute approximate surface area is 82.0 Å². The second-order valence-electron chi connectivity index (χ2n) is 2.49. The first-order chi connectivity index (χ1) is 5.27. The molecule has 0 bridgehead atoms. The van der Waals surface area contributed by atoms with Crippen LogP contribution in [0.2, 0.25) is 0 Å². The van der Waals surface area contributed by atoms with Crippen molar-refractivity contribution in [3.63, 3.8) is 0 Å². The van der Waals surface area contributed by atoms with Gasteiger partial charge in [0.2, 0.25) is 0 Å². The average Bonchev–Trinajstić information content (AvgIpc) is 2.70. The molecule has 1 saturated heterocycles. The number of halogens is 2. The van der Waals surface area contributed by atoms with Gasteiger partial charge in [-0.1, -0.05) is 37.9 Å². The number of ether oxygens (including phenoxy) is 1. The second kappa shape index (κ2) is 2.88. The molecule has 1 aliphatic heterocycles. The summed E-state index contributed by atoms with van der Waals surface area (Å²) in [5.74, 6) is 0. The first kappa shape index (κ1) is 7.77. The van der Waals surface area contributed by atoms with Gasteiger partial charge in [-0.2, -0.15) is 0 Å². The second-order valence-corrected chi connectivity index (χ2v) is 4.26. The molecule has 1 nitrogen and oxygen atoms in total. The molecule has 0 aliphatic carbocycles. The van der Waals surface area contributed by atoms with Crippen LogP contribution < -0.4 is 0 Å². The Balaban J connectivity index is 2.39. The van der Waals surface area contributed by atoms with Crippen LogP contribution in [0.5, 0.6) is 0 Å². The minimum absolute atomic E-state index is 0.331. The van der Waals surface area contributed by atoms with Gasteiger partial charge in [0.1, 0.15) is 6.10 Å². The number of rotatable bonds is 1. The van der Waals surface area contributed by atoms with Crippen molar-refractivity contribution in [2.45, 2.75) is 6.10 Å². The Morgan fingerprint density at radius 2 is 2.09 bits per heavy atom. The zero-order valence-electron chi connectivity index (χ0n) is 5.68. The Morgan fingerprint density at radius 1 is 1.36 bits per heavy atom. The highest BCUT2D eigenvalue weighted by atomic mass is 79.9. The predicted molar refractivity (Wildman–Crippen MR) is 50.5 cm³/mol. The van der Waals surface area contributed by atoms with E-state index < -0.39 is 0 Å². The van der Waals surface area contributed by atoms with Gasteiger partial charge in [-0.25, -0.2) is 0 Å². The molecule has 0 aromatic heterocycles. The highest BCUT2D eigenvalue weighted by molar-refractivity contribution is 9.11. The van der Waals surface area contributed by atoms with E-state index in [2.05, 4.69) is 37.9 Å². The molecule has 1 aliphatic rings. The minimum atomic E-state index is 0.331. The van der Waals surface area contributed by atoms with Crippen molar-refractivity contribution in [2.24, 2.45) is 0 Å². The van der Waals surface area contributed by atoms with Gasteiger partial charge in [-0.05, 0) is 17.7 Å². The van der Waals surface area contributed by atoms with E-state index in [0.29, 0.717) is 6.10 Å². The maximum atomic E-state index is 5.17. The molecule has 1 aromatic rings. The molecule has 1 unspecified atom stereocenters. The van der Waals surface area contributed by atoms with E-state index in [1.807, 2.05) is 12.1 Å². The summed E-state index contributed by atoms with van der Waals surface area (Å²) in [6, 6.07) is 6.14. The lowest BCUT2D eigenvalue weighted by molar-refractivity contribution is 0.415. The first-order valence-corrected chi connectivity index (χ1v) is 4.92. The summed E-state index contributed by atoms with van der Waals surface area (Å²) in [5, 5.41) is 0. The normalized spacial score (nSPS) is 21.8. The molecule has 3 heteroatoms. The zero-order chi connectivity index (χ0) is 7.84. The Hall–Kier alpha value is 0.140. The number of benzene rings is 1. The molecule has 0 spiro atoms. The third-order valence-corrected chi connectivity index (χ3v) is 2.82. The van der Waals surface area contributed by atoms with E-state index in [4.69, 9.17) is 4.74 Å². The molecule has 1 atom stereocenters. The van der Waals surface area contributed by atoms with Crippen molar-refractivity contribution >= 4 is 31.9 Å². The lowest BCUT2D eigenvalue weighted by Crippen LogP contribution is -1.81. The van der Waals surface area contributed by atoms with Crippen LogP contribution in [-0.4, -0.2) is 6.61 Å². The Bertz CT molecular complexity index is 281. The SMILES string of the molecule is Brc1ccc(C2CO2)c(Br)c1. The molecule has 58 valence electrons. The van der Waals surface area contributed by atoms with E-state index >= 15 is 0 Å². The lowest BCUT2D eigenvalue weighted by Gasteiger charge is -1.99. The average molecular weight is 278 g/mol. The Kier molecular flexibility index (Phi) is 2.04. The van der Waals surface area contributed by atoms with Crippen LogP contribution >= 0.6 is 31.9 Å². The number of epoxide rings is 1. The van der Waals surface area contributed by atoms with Crippen LogP contribution in [0.3, 0.4) is 0 Å². The topological polar surface area (TPSA) is 12.5 Å². The van der Waals surface area contributed by atoms with Crippen LogP contribution in [-0.2, 0) is 4.74 Å². The van der Waals surface area contributed by atoms with E-state index in [1.54, 1.807) is 0 Å². The summed E-state index contributed by atoms with van der Waals surface area (Å²) in [4.78, 5) is 0. The molecule has 1 heterocycles.